The lowest BCUT2D eigenvalue weighted by molar-refractivity contribution is 0.280. The molecule has 4 atom stereocenters. The van der Waals surface area contributed by atoms with Crippen molar-refractivity contribution in [2.45, 2.75) is 45.1 Å². The van der Waals surface area contributed by atoms with Crippen LogP contribution in [-0.2, 0) is 6.42 Å². The van der Waals surface area contributed by atoms with Gasteiger partial charge in [0.1, 0.15) is 0 Å². The number of fused-ring (bicyclic) bond motifs is 2. The number of benzene rings is 1. The molecule has 4 unspecified atom stereocenters. The number of nitrogens with two attached hydrogens (primary N) is 1. The van der Waals surface area contributed by atoms with E-state index in [1.165, 1.54) is 36.8 Å². The maximum Gasteiger partial charge on any atom is 0.0441 e. The molecule has 0 aromatic heterocycles. The Hall–Kier alpha value is -0.530. The Labute approximate surface area is 115 Å². The highest BCUT2D eigenvalue weighted by Gasteiger charge is 2.41. The van der Waals surface area contributed by atoms with Gasteiger partial charge in [-0.1, -0.05) is 30.2 Å². The van der Waals surface area contributed by atoms with Crippen molar-refractivity contribution in [3.63, 3.8) is 0 Å². The summed E-state index contributed by atoms with van der Waals surface area (Å²) < 4.78 is 0. The predicted molar refractivity (Wildman–Crippen MR) is 76.8 cm³/mol. The Morgan fingerprint density at radius 2 is 2.17 bits per heavy atom. The molecule has 98 valence electrons. The maximum atomic E-state index is 6.45. The quantitative estimate of drug-likeness (QED) is 0.878. The number of halogens is 1. The zero-order chi connectivity index (χ0) is 12.7. The van der Waals surface area contributed by atoms with Crippen molar-refractivity contribution in [3.05, 3.63) is 34.3 Å². The van der Waals surface area contributed by atoms with Crippen molar-refractivity contribution in [3.8, 4) is 0 Å². The molecule has 2 bridgehead atoms. The molecular formula is C16H22ClN. The molecule has 2 N–H and O–H groups in total. The number of aryl methyl sites for hydroxylation is 1. The van der Waals surface area contributed by atoms with Crippen molar-refractivity contribution < 1.29 is 0 Å². The summed E-state index contributed by atoms with van der Waals surface area (Å²) in [5.74, 6) is 2.61. The number of hydrogen-bond donors (Lipinski definition) is 1. The minimum absolute atomic E-state index is 0.292. The lowest BCUT2D eigenvalue weighted by atomic mass is 9.81. The zero-order valence-corrected chi connectivity index (χ0v) is 11.8. The van der Waals surface area contributed by atoms with Crippen LogP contribution in [0.3, 0.4) is 0 Å². The van der Waals surface area contributed by atoms with E-state index in [1.54, 1.807) is 0 Å². The Balaban J connectivity index is 1.69. The second kappa shape index (κ2) is 4.86. The van der Waals surface area contributed by atoms with Crippen LogP contribution < -0.4 is 5.73 Å². The molecule has 2 aliphatic carbocycles. The molecule has 1 nitrogen and oxygen atoms in total. The second-order valence-corrected chi connectivity index (χ2v) is 6.71. The first-order valence-electron chi connectivity index (χ1n) is 7.14. The summed E-state index contributed by atoms with van der Waals surface area (Å²) in [4.78, 5) is 0. The van der Waals surface area contributed by atoms with Crippen molar-refractivity contribution in [1.29, 1.82) is 0 Å². The molecular weight excluding hydrogens is 242 g/mol. The fraction of sp³-hybridized carbons (Fsp3) is 0.625. The van der Waals surface area contributed by atoms with Gasteiger partial charge >= 0.3 is 0 Å². The van der Waals surface area contributed by atoms with Crippen molar-refractivity contribution >= 4 is 11.6 Å². The lowest BCUT2D eigenvalue weighted by Crippen LogP contribution is -2.35. The van der Waals surface area contributed by atoms with Gasteiger partial charge in [-0.25, -0.2) is 0 Å². The van der Waals surface area contributed by atoms with Crippen LogP contribution in [0, 0.1) is 24.7 Å². The van der Waals surface area contributed by atoms with Gasteiger partial charge in [0.15, 0.2) is 0 Å². The first kappa shape index (κ1) is 12.5. The summed E-state index contributed by atoms with van der Waals surface area (Å²) in [5, 5.41) is 0.883. The molecule has 2 saturated carbocycles. The third-order valence-corrected chi connectivity index (χ3v) is 5.36. The molecule has 0 saturated heterocycles. The Kier molecular flexibility index (Phi) is 3.38. The molecule has 2 heteroatoms. The van der Waals surface area contributed by atoms with E-state index in [2.05, 4.69) is 19.1 Å². The summed E-state index contributed by atoms with van der Waals surface area (Å²) >= 11 is 6.30. The van der Waals surface area contributed by atoms with E-state index in [1.807, 2.05) is 6.07 Å². The third kappa shape index (κ3) is 2.31. The third-order valence-electron chi connectivity index (χ3n) is 5.01. The molecule has 0 heterocycles. The van der Waals surface area contributed by atoms with Crippen LogP contribution in [0.15, 0.2) is 18.2 Å². The summed E-state index contributed by atoms with van der Waals surface area (Å²) in [6.07, 6.45) is 6.58. The lowest BCUT2D eigenvalue weighted by Gasteiger charge is -2.28. The van der Waals surface area contributed by atoms with E-state index >= 15 is 0 Å². The van der Waals surface area contributed by atoms with Crippen LogP contribution in [0.2, 0.25) is 5.02 Å². The molecule has 1 aromatic carbocycles. The van der Waals surface area contributed by atoms with E-state index in [9.17, 15) is 0 Å². The normalized spacial score (nSPS) is 31.8. The molecule has 3 rings (SSSR count). The monoisotopic (exact) mass is 263 g/mol. The summed E-state index contributed by atoms with van der Waals surface area (Å²) in [6.45, 7) is 2.07. The van der Waals surface area contributed by atoms with Gasteiger partial charge in [0.25, 0.3) is 0 Å². The summed E-state index contributed by atoms with van der Waals surface area (Å²) in [7, 11) is 0. The van der Waals surface area contributed by atoms with E-state index < -0.39 is 0 Å². The van der Waals surface area contributed by atoms with Gasteiger partial charge in [-0.05, 0) is 67.6 Å². The topological polar surface area (TPSA) is 26.0 Å². The standard InChI is InChI=1S/C16H22ClN/c1-10-2-4-13(15(17)6-10)9-16(18)14-8-11-3-5-12(14)7-11/h2,4,6,11-12,14,16H,3,5,7-9,18H2,1H3. The van der Waals surface area contributed by atoms with E-state index in [4.69, 9.17) is 17.3 Å². The van der Waals surface area contributed by atoms with E-state index in [0.29, 0.717) is 6.04 Å². The van der Waals surface area contributed by atoms with Crippen LogP contribution >= 0.6 is 11.6 Å². The molecule has 0 aliphatic heterocycles. The second-order valence-electron chi connectivity index (χ2n) is 6.30. The van der Waals surface area contributed by atoms with Crippen molar-refractivity contribution in [1.82, 2.24) is 0 Å². The molecule has 0 radical (unpaired) electrons. The first-order valence-corrected chi connectivity index (χ1v) is 7.52. The fourth-order valence-corrected chi connectivity index (χ4v) is 4.35. The van der Waals surface area contributed by atoms with Crippen LogP contribution in [0.4, 0.5) is 0 Å². The van der Waals surface area contributed by atoms with Gasteiger partial charge in [0, 0.05) is 11.1 Å². The van der Waals surface area contributed by atoms with E-state index in [-0.39, 0.29) is 0 Å². The zero-order valence-electron chi connectivity index (χ0n) is 11.0. The van der Waals surface area contributed by atoms with Gasteiger partial charge in [-0.2, -0.15) is 0 Å². The number of hydrogen-bond acceptors (Lipinski definition) is 1. The van der Waals surface area contributed by atoms with E-state index in [0.717, 1.165) is 29.2 Å². The SMILES string of the molecule is Cc1ccc(CC(N)C2CC3CCC2C3)c(Cl)c1. The molecule has 2 fully saturated rings. The maximum absolute atomic E-state index is 6.45. The van der Waals surface area contributed by atoms with Crippen LogP contribution in [0.25, 0.3) is 0 Å². The highest BCUT2D eigenvalue weighted by Crippen LogP contribution is 2.49. The number of rotatable bonds is 3. The highest BCUT2D eigenvalue weighted by atomic mass is 35.5. The summed E-state index contributed by atoms with van der Waals surface area (Å²) in [5.41, 5.74) is 8.89. The minimum atomic E-state index is 0.292. The molecule has 18 heavy (non-hydrogen) atoms. The van der Waals surface area contributed by atoms with Crippen molar-refractivity contribution in [2.75, 3.05) is 0 Å². The molecule has 2 aliphatic rings. The average molecular weight is 264 g/mol. The van der Waals surface area contributed by atoms with Gasteiger partial charge in [-0.15, -0.1) is 0 Å². The Bertz CT molecular complexity index is 443. The fourth-order valence-electron chi connectivity index (χ4n) is 4.04. The molecule has 0 amide bonds. The predicted octanol–water partition coefficient (Wildman–Crippen LogP) is 3.95. The summed E-state index contributed by atoms with van der Waals surface area (Å²) in [6, 6.07) is 6.62. The molecule has 0 spiro atoms. The molecule has 1 aromatic rings. The average Bonchev–Trinajstić information content (AvgIpc) is 2.94. The van der Waals surface area contributed by atoms with Crippen molar-refractivity contribution in [2.24, 2.45) is 23.5 Å². The van der Waals surface area contributed by atoms with Crippen LogP contribution in [0.1, 0.15) is 36.8 Å². The van der Waals surface area contributed by atoms with Crippen LogP contribution in [0.5, 0.6) is 0 Å². The first-order chi connectivity index (χ1) is 8.63. The Morgan fingerprint density at radius 1 is 1.33 bits per heavy atom. The van der Waals surface area contributed by atoms with Gasteiger partial charge in [-0.3, -0.25) is 0 Å². The smallest absolute Gasteiger partial charge is 0.0441 e. The van der Waals surface area contributed by atoms with Crippen LogP contribution in [-0.4, -0.2) is 6.04 Å². The minimum Gasteiger partial charge on any atom is -0.327 e. The largest absolute Gasteiger partial charge is 0.327 e. The van der Waals surface area contributed by atoms with Gasteiger partial charge in [0.2, 0.25) is 0 Å². The highest BCUT2D eigenvalue weighted by molar-refractivity contribution is 6.31. The van der Waals surface area contributed by atoms with Gasteiger partial charge < -0.3 is 5.73 Å². The Morgan fingerprint density at radius 3 is 2.78 bits per heavy atom. The van der Waals surface area contributed by atoms with Gasteiger partial charge in [0.05, 0.1) is 0 Å².